The molecular weight excluding hydrogens is 411 g/mol. The molecule has 0 aliphatic heterocycles. The number of ether oxygens (including phenoxy) is 1. The number of pyridine rings is 1. The second-order valence-electron chi connectivity index (χ2n) is 7.86. The first-order valence-electron chi connectivity index (χ1n) is 10.1. The van der Waals surface area contributed by atoms with E-state index in [-0.39, 0.29) is 17.2 Å². The van der Waals surface area contributed by atoms with Crippen LogP contribution in [0.2, 0.25) is 0 Å². The molecule has 8 heteroatoms. The van der Waals surface area contributed by atoms with Gasteiger partial charge in [0.25, 0.3) is 0 Å². The summed E-state index contributed by atoms with van der Waals surface area (Å²) in [5, 5.41) is 5.03. The molecule has 4 rings (SSSR count). The van der Waals surface area contributed by atoms with Gasteiger partial charge in [0, 0.05) is 41.3 Å². The number of halogens is 1. The van der Waals surface area contributed by atoms with Gasteiger partial charge in [-0.15, -0.1) is 0 Å². The van der Waals surface area contributed by atoms with Crippen molar-refractivity contribution in [3.05, 3.63) is 76.1 Å². The first-order chi connectivity index (χ1) is 15.2. The number of carbonyl (C=O) groups excluding carboxylic acids is 2. The van der Waals surface area contributed by atoms with Gasteiger partial charge in [0.1, 0.15) is 5.82 Å². The number of fused-ring (bicyclic) bond motifs is 1. The van der Waals surface area contributed by atoms with Gasteiger partial charge < -0.3 is 9.30 Å². The minimum absolute atomic E-state index is 0.252. The Morgan fingerprint density at radius 3 is 2.56 bits per heavy atom. The number of ketones is 1. The molecule has 32 heavy (non-hydrogen) atoms. The van der Waals surface area contributed by atoms with Crippen LogP contribution in [0.3, 0.4) is 0 Å². The van der Waals surface area contributed by atoms with Crippen LogP contribution in [0.5, 0.6) is 0 Å². The van der Waals surface area contributed by atoms with E-state index in [1.54, 1.807) is 54.4 Å². The fraction of sp³-hybridized carbons (Fsp3) is 0.250. The topological polar surface area (TPSA) is 79.0 Å². The van der Waals surface area contributed by atoms with Crippen molar-refractivity contribution in [2.24, 2.45) is 7.05 Å². The van der Waals surface area contributed by atoms with Crippen molar-refractivity contribution >= 4 is 22.8 Å². The van der Waals surface area contributed by atoms with E-state index in [4.69, 9.17) is 4.74 Å². The van der Waals surface area contributed by atoms with Gasteiger partial charge in [-0.25, -0.2) is 14.2 Å². The van der Waals surface area contributed by atoms with Crippen LogP contribution >= 0.6 is 0 Å². The number of hydrogen-bond acceptors (Lipinski definition) is 5. The molecule has 7 nitrogen and oxygen atoms in total. The molecule has 0 fully saturated rings. The Kier molecular flexibility index (Phi) is 5.38. The summed E-state index contributed by atoms with van der Waals surface area (Å²) in [7, 11) is 1.78. The van der Waals surface area contributed by atoms with E-state index in [1.165, 1.54) is 12.3 Å². The van der Waals surface area contributed by atoms with Crippen LogP contribution in [0.15, 0.2) is 36.5 Å². The van der Waals surface area contributed by atoms with Crippen molar-refractivity contribution in [1.29, 1.82) is 0 Å². The van der Waals surface area contributed by atoms with Gasteiger partial charge in [0.05, 0.1) is 11.3 Å². The fourth-order valence-electron chi connectivity index (χ4n) is 3.87. The first kappa shape index (κ1) is 21.4. The summed E-state index contributed by atoms with van der Waals surface area (Å²) in [5.74, 6) is -1.28. The van der Waals surface area contributed by atoms with Gasteiger partial charge in [-0.1, -0.05) is 6.07 Å². The lowest BCUT2D eigenvalue weighted by atomic mass is 10.1. The third kappa shape index (κ3) is 3.68. The van der Waals surface area contributed by atoms with Gasteiger partial charge in [0.2, 0.25) is 5.78 Å². The SMILES string of the molecule is Cc1ccc(-n2c(C)cc(C(=O)COC(=O)c3cnc4c(c3)c(C)nn4C)c2C)cc1F. The number of rotatable bonds is 5. The number of esters is 1. The Morgan fingerprint density at radius 1 is 1.09 bits per heavy atom. The lowest BCUT2D eigenvalue weighted by Gasteiger charge is -2.11. The number of nitrogens with zero attached hydrogens (tertiary/aromatic N) is 4. The van der Waals surface area contributed by atoms with Gasteiger partial charge in [-0.2, -0.15) is 5.10 Å². The van der Waals surface area contributed by atoms with E-state index in [1.807, 2.05) is 13.8 Å². The molecule has 0 radical (unpaired) electrons. The third-order valence-electron chi connectivity index (χ3n) is 5.58. The molecule has 0 N–H and O–H groups in total. The minimum Gasteiger partial charge on any atom is -0.454 e. The highest BCUT2D eigenvalue weighted by atomic mass is 19.1. The van der Waals surface area contributed by atoms with Crippen molar-refractivity contribution in [3.8, 4) is 5.69 Å². The number of aryl methyl sites for hydroxylation is 4. The molecule has 0 spiro atoms. The Hall–Kier alpha value is -3.81. The Balaban J connectivity index is 1.53. The highest BCUT2D eigenvalue weighted by molar-refractivity contribution is 6.01. The number of benzene rings is 1. The monoisotopic (exact) mass is 434 g/mol. The largest absolute Gasteiger partial charge is 0.454 e. The van der Waals surface area contributed by atoms with Gasteiger partial charge in [-0.3, -0.25) is 9.48 Å². The lowest BCUT2D eigenvalue weighted by molar-refractivity contribution is 0.0474. The molecule has 164 valence electrons. The van der Waals surface area contributed by atoms with Crippen molar-refractivity contribution in [2.45, 2.75) is 27.7 Å². The van der Waals surface area contributed by atoms with Crippen molar-refractivity contribution < 1.29 is 18.7 Å². The molecule has 0 aliphatic carbocycles. The lowest BCUT2D eigenvalue weighted by Crippen LogP contribution is -2.15. The third-order valence-corrected chi connectivity index (χ3v) is 5.58. The molecule has 0 atom stereocenters. The number of aromatic nitrogens is 4. The van der Waals surface area contributed by atoms with Crippen LogP contribution in [0.25, 0.3) is 16.7 Å². The molecule has 3 heterocycles. The maximum absolute atomic E-state index is 14.0. The standard InChI is InChI=1S/C24H23FN4O3/c1-13-6-7-18(10-21(13)25)29-14(2)8-20(16(29)4)22(30)12-32-24(31)17-9-19-15(3)27-28(5)23(19)26-11-17/h6-11H,12H2,1-5H3. The zero-order valence-corrected chi connectivity index (χ0v) is 18.6. The van der Waals surface area contributed by atoms with Crippen molar-refractivity contribution in [3.63, 3.8) is 0 Å². The summed E-state index contributed by atoms with van der Waals surface area (Å²) in [6.07, 6.45) is 1.41. The quantitative estimate of drug-likeness (QED) is 0.348. The zero-order valence-electron chi connectivity index (χ0n) is 18.6. The minimum atomic E-state index is -0.634. The summed E-state index contributed by atoms with van der Waals surface area (Å²) in [6, 6.07) is 8.32. The second kappa shape index (κ2) is 8.03. The van der Waals surface area contributed by atoms with Gasteiger partial charge in [-0.05, 0) is 57.5 Å². The molecule has 0 bridgehead atoms. The number of Topliss-reactive ketones (excluding diaryl/α,β-unsaturated/α-hetero) is 1. The number of carbonyl (C=O) groups is 2. The van der Waals surface area contributed by atoms with Crippen LogP contribution in [0, 0.1) is 33.5 Å². The van der Waals surface area contributed by atoms with E-state index < -0.39 is 12.6 Å². The van der Waals surface area contributed by atoms with Crippen LogP contribution < -0.4 is 0 Å². The van der Waals surface area contributed by atoms with Crippen LogP contribution in [0.1, 0.15) is 43.4 Å². The molecule has 0 saturated carbocycles. The molecular formula is C24H23FN4O3. The maximum atomic E-state index is 14.0. The fourth-order valence-corrected chi connectivity index (χ4v) is 3.87. The molecule has 0 aliphatic rings. The Morgan fingerprint density at radius 2 is 1.84 bits per heavy atom. The molecule has 1 aromatic carbocycles. The van der Waals surface area contributed by atoms with E-state index in [0.29, 0.717) is 28.2 Å². The van der Waals surface area contributed by atoms with Crippen LogP contribution in [-0.4, -0.2) is 37.7 Å². The predicted octanol–water partition coefficient (Wildman–Crippen LogP) is 4.17. The number of hydrogen-bond donors (Lipinski definition) is 0. The molecule has 3 aromatic heterocycles. The molecule has 0 unspecified atom stereocenters. The zero-order chi connectivity index (χ0) is 23.2. The predicted molar refractivity (Wildman–Crippen MR) is 118 cm³/mol. The van der Waals surface area contributed by atoms with Gasteiger partial charge >= 0.3 is 5.97 Å². The summed E-state index contributed by atoms with van der Waals surface area (Å²) in [4.78, 5) is 29.6. The summed E-state index contributed by atoms with van der Waals surface area (Å²) >= 11 is 0. The highest BCUT2D eigenvalue weighted by Gasteiger charge is 2.20. The average Bonchev–Trinajstić information content (AvgIpc) is 3.22. The highest BCUT2D eigenvalue weighted by Crippen LogP contribution is 2.23. The first-order valence-corrected chi connectivity index (χ1v) is 10.1. The van der Waals surface area contributed by atoms with E-state index in [2.05, 4.69) is 10.1 Å². The Labute approximate surface area is 184 Å². The van der Waals surface area contributed by atoms with Crippen molar-refractivity contribution in [2.75, 3.05) is 6.61 Å². The summed E-state index contributed by atoms with van der Waals surface area (Å²) in [5.41, 5.74) is 4.70. The van der Waals surface area contributed by atoms with Gasteiger partial charge in [0.15, 0.2) is 12.3 Å². The summed E-state index contributed by atoms with van der Waals surface area (Å²) < 4.78 is 22.7. The van der Waals surface area contributed by atoms with Crippen LogP contribution in [0.4, 0.5) is 4.39 Å². The molecule has 4 aromatic rings. The van der Waals surface area contributed by atoms with E-state index in [0.717, 1.165) is 16.8 Å². The molecule has 0 amide bonds. The maximum Gasteiger partial charge on any atom is 0.340 e. The van der Waals surface area contributed by atoms with Crippen LogP contribution in [-0.2, 0) is 11.8 Å². The van der Waals surface area contributed by atoms with Crippen molar-refractivity contribution in [1.82, 2.24) is 19.3 Å². The molecule has 0 saturated heterocycles. The summed E-state index contributed by atoms with van der Waals surface area (Å²) in [6.45, 7) is 6.74. The smallest absolute Gasteiger partial charge is 0.340 e. The Bertz CT molecular complexity index is 1380. The van der Waals surface area contributed by atoms with E-state index >= 15 is 0 Å². The average molecular weight is 434 g/mol. The van der Waals surface area contributed by atoms with E-state index in [9.17, 15) is 14.0 Å². The normalized spacial score (nSPS) is 11.2. The second-order valence-corrected chi connectivity index (χ2v) is 7.86.